The molecule has 2 aliphatic heterocycles. The highest BCUT2D eigenvalue weighted by Gasteiger charge is 2.73. The van der Waals surface area contributed by atoms with Crippen LogP contribution >= 0.6 is 0 Å². The summed E-state index contributed by atoms with van der Waals surface area (Å²) in [6.07, 6.45) is 3.11. The molecular formula is C27H39N3O6. The minimum atomic E-state index is -0.709. The number of nitrogens with two attached hydrogens (primary N) is 1. The second-order valence-electron chi connectivity index (χ2n) is 11.9. The third kappa shape index (κ3) is 3.62. The van der Waals surface area contributed by atoms with Gasteiger partial charge in [-0.25, -0.2) is 0 Å². The fourth-order valence-corrected chi connectivity index (χ4v) is 7.50. The van der Waals surface area contributed by atoms with Crippen molar-refractivity contribution in [2.75, 3.05) is 20.7 Å². The van der Waals surface area contributed by atoms with Crippen molar-refractivity contribution >= 4 is 11.9 Å². The molecule has 6 atom stereocenters. The van der Waals surface area contributed by atoms with Crippen molar-refractivity contribution in [1.29, 1.82) is 0 Å². The quantitative estimate of drug-likeness (QED) is 0.483. The first-order valence-corrected chi connectivity index (χ1v) is 13.0. The highest BCUT2D eigenvalue weighted by atomic mass is 16.6. The molecule has 0 radical (unpaired) electrons. The summed E-state index contributed by atoms with van der Waals surface area (Å²) < 4.78 is 18.8. The number of esters is 1. The zero-order valence-electron chi connectivity index (χ0n) is 21.9. The summed E-state index contributed by atoms with van der Waals surface area (Å²) in [7, 11) is 3.95. The summed E-state index contributed by atoms with van der Waals surface area (Å²) in [5.41, 5.74) is 6.09. The molecule has 1 saturated carbocycles. The number of primary amides is 1. The lowest BCUT2D eigenvalue weighted by Crippen LogP contribution is -2.78. The van der Waals surface area contributed by atoms with E-state index >= 15 is 0 Å². The van der Waals surface area contributed by atoms with Gasteiger partial charge in [-0.05, 0) is 78.1 Å². The number of hydrogen-bond acceptors (Lipinski definition) is 8. The van der Waals surface area contributed by atoms with Crippen molar-refractivity contribution in [1.82, 2.24) is 10.2 Å². The molecule has 1 spiro atoms. The van der Waals surface area contributed by atoms with Crippen LogP contribution in [0.25, 0.3) is 0 Å². The molecule has 1 aromatic rings. The van der Waals surface area contributed by atoms with Gasteiger partial charge in [-0.1, -0.05) is 6.07 Å². The Kier molecular flexibility index (Phi) is 6.04. The highest BCUT2D eigenvalue weighted by Crippen LogP contribution is 2.66. The molecule has 1 amide bonds. The van der Waals surface area contributed by atoms with Gasteiger partial charge in [-0.3, -0.25) is 14.9 Å². The zero-order valence-corrected chi connectivity index (χ0v) is 21.9. The predicted molar refractivity (Wildman–Crippen MR) is 133 cm³/mol. The normalized spacial score (nSPS) is 33.4. The van der Waals surface area contributed by atoms with Crippen LogP contribution in [0.1, 0.15) is 64.0 Å². The number of likely N-dealkylation sites (N-methyl/N-ethyl adjacent to an activating group) is 1. The number of benzene rings is 1. The van der Waals surface area contributed by atoms with E-state index in [0.717, 1.165) is 31.4 Å². The monoisotopic (exact) mass is 501 g/mol. The second kappa shape index (κ2) is 8.60. The first-order chi connectivity index (χ1) is 16.9. The van der Waals surface area contributed by atoms with Gasteiger partial charge >= 0.3 is 5.97 Å². The van der Waals surface area contributed by atoms with Crippen LogP contribution in [0.15, 0.2) is 12.1 Å². The Morgan fingerprint density at radius 1 is 1.33 bits per heavy atom. The molecule has 4 N–H and O–H groups in total. The van der Waals surface area contributed by atoms with Crippen LogP contribution in [0, 0.1) is 0 Å². The summed E-state index contributed by atoms with van der Waals surface area (Å²) in [6, 6.07) is 3.00. The molecule has 2 heterocycles. The van der Waals surface area contributed by atoms with Crippen LogP contribution in [0.2, 0.25) is 0 Å². The smallest absolute Gasteiger partial charge is 0.323 e. The van der Waals surface area contributed by atoms with E-state index in [-0.39, 0.29) is 36.8 Å². The van der Waals surface area contributed by atoms with Crippen molar-refractivity contribution in [2.24, 2.45) is 5.73 Å². The van der Waals surface area contributed by atoms with Crippen LogP contribution < -0.4 is 15.8 Å². The summed E-state index contributed by atoms with van der Waals surface area (Å²) >= 11 is 0. The van der Waals surface area contributed by atoms with E-state index in [1.54, 1.807) is 13.2 Å². The second-order valence-corrected chi connectivity index (χ2v) is 11.9. The largest absolute Gasteiger partial charge is 0.504 e. The van der Waals surface area contributed by atoms with E-state index in [0.29, 0.717) is 12.2 Å². The minimum absolute atomic E-state index is 0.0698. The molecule has 0 aromatic heterocycles. The number of piperidine rings is 1. The number of rotatable bonds is 7. The number of phenolic OH excluding ortho intramolecular Hbond substituents is 1. The summed E-state index contributed by atoms with van der Waals surface area (Å²) in [4.78, 5) is 27.1. The van der Waals surface area contributed by atoms with Gasteiger partial charge < -0.3 is 30.0 Å². The van der Waals surface area contributed by atoms with Crippen molar-refractivity contribution in [3.63, 3.8) is 0 Å². The number of aromatic hydroxyl groups is 1. The van der Waals surface area contributed by atoms with Crippen LogP contribution in [0.5, 0.6) is 11.5 Å². The fourth-order valence-electron chi connectivity index (χ4n) is 7.50. The maximum absolute atomic E-state index is 13.2. The number of likely N-dealkylation sites (tertiary alicyclic amines) is 1. The van der Waals surface area contributed by atoms with Crippen LogP contribution in [0.4, 0.5) is 0 Å². The van der Waals surface area contributed by atoms with E-state index in [4.69, 9.17) is 19.9 Å². The maximum Gasteiger partial charge on any atom is 0.323 e. The van der Waals surface area contributed by atoms with Crippen LogP contribution in [0.3, 0.4) is 0 Å². The predicted octanol–water partition coefficient (Wildman–Crippen LogP) is 1.76. The number of nitrogens with one attached hydrogen (secondary N) is 1. The van der Waals surface area contributed by atoms with Crippen molar-refractivity contribution in [2.45, 2.75) is 100 Å². The average Bonchev–Trinajstić information content (AvgIpc) is 3.16. The van der Waals surface area contributed by atoms with Gasteiger partial charge in [0.1, 0.15) is 17.7 Å². The molecule has 2 unspecified atom stereocenters. The zero-order chi connectivity index (χ0) is 26.0. The molecule has 2 bridgehead atoms. The number of methoxy groups -OCH3 is 1. The molecule has 36 heavy (non-hydrogen) atoms. The lowest BCUT2D eigenvalue weighted by molar-refractivity contribution is -0.204. The molecule has 4 aliphatic rings. The molecule has 9 heteroatoms. The summed E-state index contributed by atoms with van der Waals surface area (Å²) in [5.74, 6) is -0.193. The third-order valence-corrected chi connectivity index (χ3v) is 8.84. The SMILES string of the molecule is CO[C@@]12CC[C@@H](N[C@@H](CCC(N)=O)C(=O)OC(C)(C)C)[C@@H]3Oc4c(O)ccc5c4C31CCN(C)C2C5. The van der Waals surface area contributed by atoms with Crippen molar-refractivity contribution in [3.8, 4) is 11.5 Å². The highest BCUT2D eigenvalue weighted by molar-refractivity contribution is 5.79. The topological polar surface area (TPSA) is 123 Å². The molecule has 2 fully saturated rings. The Hall–Kier alpha value is -2.36. The molecule has 1 saturated heterocycles. The van der Waals surface area contributed by atoms with E-state index < -0.39 is 34.5 Å². The number of amides is 1. The number of carbonyl (C=O) groups is 2. The van der Waals surface area contributed by atoms with Crippen molar-refractivity contribution in [3.05, 3.63) is 23.3 Å². The van der Waals surface area contributed by atoms with Crippen LogP contribution in [-0.2, 0) is 30.9 Å². The number of hydrogen-bond donors (Lipinski definition) is 3. The molecule has 198 valence electrons. The molecular weight excluding hydrogens is 462 g/mol. The van der Waals surface area contributed by atoms with Gasteiger partial charge in [-0.15, -0.1) is 0 Å². The van der Waals surface area contributed by atoms with Gasteiger partial charge in [0, 0.05) is 31.2 Å². The number of ether oxygens (including phenoxy) is 3. The Labute approximate surface area is 212 Å². The minimum Gasteiger partial charge on any atom is -0.504 e. The Morgan fingerprint density at radius 3 is 2.75 bits per heavy atom. The summed E-state index contributed by atoms with van der Waals surface area (Å²) in [6.45, 7) is 6.35. The standard InChI is InChI=1S/C27H39N3O6/c1-25(2,3)36-24(33)17(7-9-20(28)32)29-16-10-11-27(34-5)19-14-15-6-8-18(31)22-21(15)26(27,23(16)35-22)12-13-30(19)4/h6,8,16-17,19,23,29,31H,7,9-14H2,1-5H3,(H2,28,32)/t16-,17+,19?,23+,26?,27-/m1/s1. The van der Waals surface area contributed by atoms with Crippen LogP contribution in [-0.4, -0.2) is 78.0 Å². The Morgan fingerprint density at radius 2 is 2.08 bits per heavy atom. The number of carbonyl (C=O) groups excluding carboxylic acids is 2. The van der Waals surface area contributed by atoms with E-state index in [9.17, 15) is 14.7 Å². The van der Waals surface area contributed by atoms with E-state index in [1.165, 1.54) is 5.56 Å². The first kappa shape index (κ1) is 25.3. The van der Waals surface area contributed by atoms with E-state index in [2.05, 4.69) is 17.3 Å². The van der Waals surface area contributed by atoms with Gasteiger partial charge in [0.15, 0.2) is 11.5 Å². The fraction of sp³-hybridized carbons (Fsp3) is 0.704. The first-order valence-electron chi connectivity index (χ1n) is 13.0. The van der Waals surface area contributed by atoms with Crippen molar-refractivity contribution < 1.29 is 28.9 Å². The van der Waals surface area contributed by atoms with Gasteiger partial charge in [0.25, 0.3) is 0 Å². The van der Waals surface area contributed by atoms with Gasteiger partial charge in [0.2, 0.25) is 5.91 Å². The summed E-state index contributed by atoms with van der Waals surface area (Å²) in [5, 5.41) is 14.3. The van der Waals surface area contributed by atoms with E-state index in [1.807, 2.05) is 26.8 Å². The Balaban J connectivity index is 1.54. The molecule has 9 nitrogen and oxygen atoms in total. The van der Waals surface area contributed by atoms with Gasteiger partial charge in [0.05, 0.1) is 11.0 Å². The molecule has 5 rings (SSSR count). The lowest BCUT2D eigenvalue weighted by Gasteiger charge is -2.65. The Bertz CT molecular complexity index is 1070. The lowest BCUT2D eigenvalue weighted by atomic mass is 9.48. The maximum atomic E-state index is 13.2. The van der Waals surface area contributed by atoms with Gasteiger partial charge in [-0.2, -0.15) is 0 Å². The number of phenols is 1. The molecule has 2 aliphatic carbocycles. The number of nitrogens with zero attached hydrogens (tertiary/aromatic N) is 1. The third-order valence-electron chi connectivity index (χ3n) is 8.84. The molecule has 1 aromatic carbocycles. The average molecular weight is 502 g/mol.